The lowest BCUT2D eigenvalue weighted by Crippen LogP contribution is -1.81. The Hall–Kier alpha value is -1.38. The minimum Gasteiger partial charge on any atom is -0.345 e. The Morgan fingerprint density at radius 3 is 2.33 bits per heavy atom. The molecule has 1 aromatic carbocycles. The van der Waals surface area contributed by atoms with Gasteiger partial charge in [0.1, 0.15) is 5.82 Å². The molecule has 1 N–H and O–H groups in total. The topological polar surface area (TPSA) is 28.7 Å². The molecule has 0 amide bonds. The molecule has 15 heavy (non-hydrogen) atoms. The molecule has 0 unspecified atom stereocenters. The molecule has 3 heteroatoms. The minimum atomic E-state index is -0.204. The summed E-state index contributed by atoms with van der Waals surface area (Å²) in [6.07, 6.45) is 1.56. The van der Waals surface area contributed by atoms with E-state index in [9.17, 15) is 4.39 Å². The first kappa shape index (κ1) is 13.6. The normalized spacial score (nSPS) is 8.67. The molecule has 0 spiro atoms. The summed E-state index contributed by atoms with van der Waals surface area (Å²) >= 11 is 0. The van der Waals surface area contributed by atoms with E-state index in [1.165, 1.54) is 6.07 Å². The van der Waals surface area contributed by atoms with Gasteiger partial charge in [-0.25, -0.2) is 9.37 Å². The van der Waals surface area contributed by atoms with Crippen molar-refractivity contribution < 1.29 is 4.39 Å². The van der Waals surface area contributed by atoms with E-state index in [-0.39, 0.29) is 5.82 Å². The van der Waals surface area contributed by atoms with Crippen molar-refractivity contribution in [2.24, 2.45) is 0 Å². The number of nitrogens with zero attached hydrogens (tertiary/aromatic N) is 1. The summed E-state index contributed by atoms with van der Waals surface area (Å²) < 4.78 is 12.9. The summed E-state index contributed by atoms with van der Waals surface area (Å²) in [7, 11) is 0. The van der Waals surface area contributed by atoms with Gasteiger partial charge in [0.15, 0.2) is 0 Å². The number of hydrogen-bond acceptors (Lipinski definition) is 1. The fraction of sp³-hybridized carbons (Fsp3) is 0.417. The standard InChI is InChI=1S/C8H7FN2.2C2H6/c1-5-2-7-8(3-6(5)9)11-4-10-7;2*1-2/h2-4H,1H3,(H,10,11);2*1-2H3. The fourth-order valence-corrected chi connectivity index (χ4v) is 1.06. The van der Waals surface area contributed by atoms with Crippen molar-refractivity contribution >= 4 is 11.0 Å². The van der Waals surface area contributed by atoms with Crippen LogP contribution in [0.25, 0.3) is 11.0 Å². The predicted molar refractivity (Wildman–Crippen MR) is 63.5 cm³/mol. The van der Waals surface area contributed by atoms with Gasteiger partial charge in [-0.3, -0.25) is 0 Å². The molecule has 1 heterocycles. The molecule has 0 aliphatic rings. The third-order valence-corrected chi connectivity index (χ3v) is 1.70. The van der Waals surface area contributed by atoms with Crippen molar-refractivity contribution in [1.29, 1.82) is 0 Å². The van der Waals surface area contributed by atoms with Gasteiger partial charge in [0, 0.05) is 6.07 Å². The van der Waals surface area contributed by atoms with Gasteiger partial charge in [0.05, 0.1) is 17.4 Å². The first-order valence-electron chi connectivity index (χ1n) is 5.36. The van der Waals surface area contributed by atoms with Crippen molar-refractivity contribution in [1.82, 2.24) is 9.97 Å². The Balaban J connectivity index is 0.000000442. The van der Waals surface area contributed by atoms with E-state index in [2.05, 4.69) is 9.97 Å². The molecule has 0 saturated carbocycles. The molecule has 2 nitrogen and oxygen atoms in total. The summed E-state index contributed by atoms with van der Waals surface area (Å²) in [5.41, 5.74) is 2.19. The van der Waals surface area contributed by atoms with Crippen molar-refractivity contribution in [3.8, 4) is 0 Å². The molecule has 0 fully saturated rings. The summed E-state index contributed by atoms with van der Waals surface area (Å²) in [6, 6.07) is 3.18. The van der Waals surface area contributed by atoms with Crippen LogP contribution in [0, 0.1) is 12.7 Å². The highest BCUT2D eigenvalue weighted by Gasteiger charge is 2.00. The maximum atomic E-state index is 12.9. The maximum absolute atomic E-state index is 12.9. The highest BCUT2D eigenvalue weighted by molar-refractivity contribution is 5.75. The summed E-state index contributed by atoms with van der Waals surface area (Å²) in [6.45, 7) is 9.73. The summed E-state index contributed by atoms with van der Waals surface area (Å²) in [5, 5.41) is 0. The SMILES string of the molecule is CC.CC.Cc1cc2[nH]cnc2cc1F. The molecule has 0 aliphatic carbocycles. The lowest BCUT2D eigenvalue weighted by atomic mass is 10.2. The van der Waals surface area contributed by atoms with Gasteiger partial charge in [-0.1, -0.05) is 27.7 Å². The number of halogens is 1. The molecule has 1 aromatic heterocycles. The second-order valence-electron chi connectivity index (χ2n) is 2.52. The first-order valence-corrected chi connectivity index (χ1v) is 5.36. The average Bonchev–Trinajstić information content (AvgIpc) is 2.72. The van der Waals surface area contributed by atoms with Gasteiger partial charge in [0.25, 0.3) is 0 Å². The molecule has 2 rings (SSSR count). The molecule has 84 valence electrons. The van der Waals surface area contributed by atoms with Gasteiger partial charge in [-0.15, -0.1) is 0 Å². The first-order chi connectivity index (χ1) is 7.27. The number of aromatic amines is 1. The van der Waals surface area contributed by atoms with E-state index in [0.29, 0.717) is 11.1 Å². The Morgan fingerprint density at radius 2 is 1.73 bits per heavy atom. The number of rotatable bonds is 0. The number of H-pyrrole nitrogens is 1. The van der Waals surface area contributed by atoms with Crippen LogP contribution in [0.5, 0.6) is 0 Å². The minimum absolute atomic E-state index is 0.204. The van der Waals surface area contributed by atoms with Gasteiger partial charge in [-0.2, -0.15) is 0 Å². The zero-order valence-corrected chi connectivity index (χ0v) is 10.1. The molecule has 0 radical (unpaired) electrons. The average molecular weight is 210 g/mol. The van der Waals surface area contributed by atoms with Crippen molar-refractivity contribution in [2.45, 2.75) is 34.6 Å². The smallest absolute Gasteiger partial charge is 0.128 e. The molecule has 0 bridgehead atoms. The molecular formula is C12H19FN2. The van der Waals surface area contributed by atoms with Crippen LogP contribution in [0.4, 0.5) is 4.39 Å². The van der Waals surface area contributed by atoms with Gasteiger partial charge in [-0.05, 0) is 18.6 Å². The summed E-state index contributed by atoms with van der Waals surface area (Å²) in [4.78, 5) is 6.83. The van der Waals surface area contributed by atoms with E-state index in [1.807, 2.05) is 27.7 Å². The number of imidazole rings is 1. The van der Waals surface area contributed by atoms with Crippen LogP contribution in [-0.2, 0) is 0 Å². The Kier molecular flexibility index (Phi) is 6.34. The second-order valence-corrected chi connectivity index (χ2v) is 2.52. The van der Waals surface area contributed by atoms with E-state index < -0.39 is 0 Å². The number of benzene rings is 1. The van der Waals surface area contributed by atoms with Crippen molar-refractivity contribution in [3.63, 3.8) is 0 Å². The van der Waals surface area contributed by atoms with Crippen LogP contribution >= 0.6 is 0 Å². The van der Waals surface area contributed by atoms with E-state index in [4.69, 9.17) is 0 Å². The number of aryl methyl sites for hydroxylation is 1. The van der Waals surface area contributed by atoms with Crippen molar-refractivity contribution in [3.05, 3.63) is 29.8 Å². The number of nitrogens with one attached hydrogen (secondary N) is 1. The van der Waals surface area contributed by atoms with Crippen LogP contribution in [-0.4, -0.2) is 9.97 Å². The fourth-order valence-electron chi connectivity index (χ4n) is 1.06. The van der Waals surface area contributed by atoms with Gasteiger partial charge in [0.2, 0.25) is 0 Å². The van der Waals surface area contributed by atoms with E-state index >= 15 is 0 Å². The maximum Gasteiger partial charge on any atom is 0.128 e. The molecule has 0 saturated heterocycles. The highest BCUT2D eigenvalue weighted by atomic mass is 19.1. The summed E-state index contributed by atoms with van der Waals surface area (Å²) in [5.74, 6) is -0.204. The molecule has 2 aromatic rings. The molecule has 0 atom stereocenters. The quantitative estimate of drug-likeness (QED) is 0.697. The van der Waals surface area contributed by atoms with Crippen LogP contribution in [0.15, 0.2) is 18.5 Å². The largest absolute Gasteiger partial charge is 0.345 e. The van der Waals surface area contributed by atoms with Gasteiger partial charge < -0.3 is 4.98 Å². The third-order valence-electron chi connectivity index (χ3n) is 1.70. The molecule has 0 aliphatic heterocycles. The van der Waals surface area contributed by atoms with Gasteiger partial charge >= 0.3 is 0 Å². The Morgan fingerprint density at radius 1 is 1.13 bits per heavy atom. The second kappa shape index (κ2) is 6.98. The van der Waals surface area contributed by atoms with Crippen molar-refractivity contribution in [2.75, 3.05) is 0 Å². The lowest BCUT2D eigenvalue weighted by molar-refractivity contribution is 0.620. The van der Waals surface area contributed by atoms with Crippen LogP contribution in [0.3, 0.4) is 0 Å². The van der Waals surface area contributed by atoms with E-state index in [0.717, 1.165) is 5.52 Å². The van der Waals surface area contributed by atoms with Crippen LogP contribution in [0.1, 0.15) is 33.3 Å². The zero-order chi connectivity index (χ0) is 11.8. The van der Waals surface area contributed by atoms with Crippen LogP contribution in [0.2, 0.25) is 0 Å². The predicted octanol–water partition coefficient (Wildman–Crippen LogP) is 4.06. The monoisotopic (exact) mass is 210 g/mol. The number of hydrogen-bond donors (Lipinski definition) is 1. The number of fused-ring (bicyclic) bond motifs is 1. The third kappa shape index (κ3) is 3.35. The number of aromatic nitrogens is 2. The zero-order valence-electron chi connectivity index (χ0n) is 10.1. The highest BCUT2D eigenvalue weighted by Crippen LogP contribution is 2.14. The van der Waals surface area contributed by atoms with Crippen LogP contribution < -0.4 is 0 Å². The molecular weight excluding hydrogens is 191 g/mol. The van der Waals surface area contributed by atoms with E-state index in [1.54, 1.807) is 19.3 Å². The Bertz CT molecular complexity index is 357. The lowest BCUT2D eigenvalue weighted by Gasteiger charge is -1.93. The Labute approximate surface area is 90.5 Å².